The van der Waals surface area contributed by atoms with Crippen LogP contribution in [0.1, 0.15) is 71.6 Å². The molecule has 0 aromatic rings. The smallest absolute Gasteiger partial charge is 0.314 e. The molecule has 33 heteroatoms. The maximum Gasteiger partial charge on any atom is 0.314 e. The first kappa shape index (κ1) is 69.8. The second-order valence-corrected chi connectivity index (χ2v) is 26.4. The topological polar surface area (TPSA) is 532 Å². The first-order chi connectivity index (χ1) is 42.1. The Morgan fingerprint density at radius 1 is 0.427 bits per heavy atom. The largest absolute Gasteiger partial charge is 0.432 e. The number of esters is 1. The molecule has 0 aromatic carbocycles. The summed E-state index contributed by atoms with van der Waals surface area (Å²) in [6.07, 6.45) is -51.9. The lowest BCUT2D eigenvalue weighted by Gasteiger charge is -2.64. The lowest BCUT2D eigenvalue weighted by Crippen LogP contribution is -2.68. The van der Waals surface area contributed by atoms with Crippen molar-refractivity contribution in [3.05, 3.63) is 12.2 Å². The van der Waals surface area contributed by atoms with Crippen LogP contribution in [0.15, 0.2) is 12.2 Å². The number of hydrogen-bond donors (Lipinski definition) is 20. The van der Waals surface area contributed by atoms with Gasteiger partial charge in [-0.3, -0.25) is 4.79 Å². The highest BCUT2D eigenvalue weighted by Crippen LogP contribution is 2.74. The van der Waals surface area contributed by atoms with E-state index in [1.54, 1.807) is 6.92 Å². The fourth-order valence-electron chi connectivity index (χ4n) is 16.4. The van der Waals surface area contributed by atoms with Crippen molar-refractivity contribution >= 4 is 5.97 Å². The lowest BCUT2D eigenvalue weighted by atomic mass is 9.41. The molecule has 2 bridgehead atoms. The standard InChI is InChI=1S/C56H90O33/c1-19-11-55-9-5-26-53(2,7-4-8-54(26,3)52(77)88-50-44(86-48-40(75)36(71)30(65)22(14-59)80-48)42(32(67)24(16-61)82-50)84-46-38(73)34(69)28(63)20(12-57)78-46)27(55)6-10-56(19,18-55)89-51-45(87-49-41(76)37(72)31(66)23(15-60)81-49)43(33(68)25(17-62)83-51)85-47-39(74)35(70)29(64)21(13-58)79-47/h20-51,57-76H,1,4-18H2,2-3H3/t20?,21?,22?,23?,24?,25?,26-,27-,28?,29?,30?,31?,32?,33?,34?,35?,36?,37?,38?,39?,40?,41?,42?,43?,44?,45?,46?,47?,48?,49?,50?,51?,53+,54+,55+,56-/m0/s1. The monoisotopic (exact) mass is 1290 g/mol. The van der Waals surface area contributed by atoms with Crippen LogP contribution < -0.4 is 0 Å². The maximum absolute atomic E-state index is 15.4. The van der Waals surface area contributed by atoms with Gasteiger partial charge in [0.25, 0.3) is 0 Å². The van der Waals surface area contributed by atoms with E-state index < -0.39 is 258 Å². The molecule has 0 radical (unpaired) electrons. The molecule has 6 heterocycles. The lowest BCUT2D eigenvalue weighted by molar-refractivity contribution is -0.400. The van der Waals surface area contributed by atoms with Gasteiger partial charge in [-0.1, -0.05) is 19.9 Å². The van der Waals surface area contributed by atoms with Crippen molar-refractivity contribution in [1.82, 2.24) is 0 Å². The van der Waals surface area contributed by atoms with E-state index in [0.29, 0.717) is 44.1 Å². The zero-order valence-corrected chi connectivity index (χ0v) is 49.0. The first-order valence-electron chi connectivity index (χ1n) is 30.4. The van der Waals surface area contributed by atoms with Crippen LogP contribution in [0.4, 0.5) is 0 Å². The highest BCUT2D eigenvalue weighted by atomic mass is 16.8. The highest BCUT2D eigenvalue weighted by molar-refractivity contribution is 5.77. The van der Waals surface area contributed by atoms with Crippen LogP contribution in [0.25, 0.3) is 0 Å². The Bertz CT molecular complexity index is 2390. The van der Waals surface area contributed by atoms with E-state index in [4.69, 9.17) is 56.8 Å². The SMILES string of the molecule is C=C1C[C@@]23CC[C@H]4[C@@](C)(CCC[C@@]4(C)C(=O)OC4OC(CO)C(O)C(OC5OC(CO)C(O)C(O)C5O)C4OC4OC(CO)C(O)C(O)C4O)[C@@H]2CC[C@]1(OC1OC(CO)C(O)C(OC2OC(CO)C(O)C(O)C2O)C1OC1OC(CO)C(O)C(O)C1O)C3. The summed E-state index contributed by atoms with van der Waals surface area (Å²) in [6, 6.07) is 0. The van der Waals surface area contributed by atoms with Crippen LogP contribution in [0.2, 0.25) is 0 Å². The number of fused-ring (bicyclic) bond motifs is 3. The maximum atomic E-state index is 15.4. The van der Waals surface area contributed by atoms with Gasteiger partial charge in [0, 0.05) is 0 Å². The Labute approximate surface area is 509 Å². The van der Waals surface area contributed by atoms with E-state index in [1.807, 2.05) is 0 Å². The number of ether oxygens (including phenoxy) is 12. The van der Waals surface area contributed by atoms with Crippen molar-refractivity contribution < 1.29 is 164 Å². The van der Waals surface area contributed by atoms with Crippen LogP contribution in [0.5, 0.6) is 0 Å². The molecule has 4 aliphatic carbocycles. The first-order valence-corrected chi connectivity index (χ1v) is 30.4. The number of carbonyl (C=O) groups excluding carboxylic acids is 1. The zero-order valence-electron chi connectivity index (χ0n) is 49.0. The Balaban J connectivity index is 0.921. The third-order valence-electron chi connectivity index (χ3n) is 21.3. The van der Waals surface area contributed by atoms with Crippen LogP contribution in [-0.4, -0.2) is 338 Å². The molecule has 33 nitrogen and oxygen atoms in total. The van der Waals surface area contributed by atoms with E-state index in [2.05, 4.69) is 13.5 Å². The second kappa shape index (κ2) is 27.2. The van der Waals surface area contributed by atoms with E-state index in [0.717, 1.165) is 0 Å². The number of aliphatic hydroxyl groups is 20. The molecular formula is C56H90O33. The Morgan fingerprint density at radius 2 is 0.775 bits per heavy atom. The fourth-order valence-corrected chi connectivity index (χ4v) is 16.4. The summed E-state index contributed by atoms with van der Waals surface area (Å²) in [4.78, 5) is 15.4. The fraction of sp³-hybridized carbons (Fsp3) is 0.946. The van der Waals surface area contributed by atoms with Crippen LogP contribution in [0, 0.1) is 28.1 Å². The van der Waals surface area contributed by atoms with E-state index in [1.165, 1.54) is 0 Å². The van der Waals surface area contributed by atoms with Crippen molar-refractivity contribution in [2.24, 2.45) is 28.1 Å². The van der Waals surface area contributed by atoms with E-state index in [-0.39, 0.29) is 25.2 Å². The van der Waals surface area contributed by atoms with Gasteiger partial charge in [-0.2, -0.15) is 0 Å². The molecule has 30 unspecified atom stereocenters. The van der Waals surface area contributed by atoms with Crippen molar-refractivity contribution in [2.45, 2.75) is 261 Å². The molecule has 0 amide bonds. The van der Waals surface area contributed by atoms with Gasteiger partial charge in [-0.15, -0.1) is 0 Å². The number of rotatable bonds is 18. The van der Waals surface area contributed by atoms with Gasteiger partial charge in [0.2, 0.25) is 6.29 Å². The third-order valence-corrected chi connectivity index (χ3v) is 21.3. The summed E-state index contributed by atoms with van der Waals surface area (Å²) in [6.45, 7) is 3.03. The third kappa shape index (κ3) is 12.3. The van der Waals surface area contributed by atoms with Gasteiger partial charge < -0.3 is 159 Å². The van der Waals surface area contributed by atoms with Gasteiger partial charge in [-0.05, 0) is 86.5 Å². The molecule has 89 heavy (non-hydrogen) atoms. The number of hydrogen-bond acceptors (Lipinski definition) is 33. The zero-order chi connectivity index (χ0) is 64.7. The normalized spacial score (nSPS) is 54.5. The van der Waals surface area contributed by atoms with Gasteiger partial charge in [-0.25, -0.2) is 0 Å². The van der Waals surface area contributed by atoms with Crippen LogP contribution in [-0.2, 0) is 61.6 Å². The highest BCUT2D eigenvalue weighted by Gasteiger charge is 2.70. The molecule has 10 aliphatic rings. The Morgan fingerprint density at radius 3 is 1.18 bits per heavy atom. The van der Waals surface area contributed by atoms with E-state index >= 15 is 4.79 Å². The van der Waals surface area contributed by atoms with Crippen LogP contribution >= 0.6 is 0 Å². The summed E-state index contributed by atoms with van der Waals surface area (Å²) in [7, 11) is 0. The molecule has 4 saturated carbocycles. The molecule has 512 valence electrons. The van der Waals surface area contributed by atoms with Gasteiger partial charge in [0.1, 0.15) is 140 Å². The summed E-state index contributed by atoms with van der Waals surface area (Å²) >= 11 is 0. The molecule has 6 saturated heterocycles. The van der Waals surface area contributed by atoms with Gasteiger partial charge in [0.05, 0.1) is 50.7 Å². The summed E-state index contributed by atoms with van der Waals surface area (Å²) in [5.41, 5.74) is -3.24. The van der Waals surface area contributed by atoms with Crippen molar-refractivity contribution in [2.75, 3.05) is 39.6 Å². The van der Waals surface area contributed by atoms with Crippen molar-refractivity contribution in [3.8, 4) is 0 Å². The van der Waals surface area contributed by atoms with Crippen molar-refractivity contribution in [1.29, 1.82) is 0 Å². The minimum absolute atomic E-state index is 0.154. The summed E-state index contributed by atoms with van der Waals surface area (Å²) in [5.74, 6) is -1.44. The molecule has 36 atom stereocenters. The Hall–Kier alpha value is -2.03. The average molecular weight is 1290 g/mol. The predicted octanol–water partition coefficient (Wildman–Crippen LogP) is -9.47. The molecule has 6 aliphatic heterocycles. The van der Waals surface area contributed by atoms with Gasteiger partial charge >= 0.3 is 5.97 Å². The van der Waals surface area contributed by atoms with E-state index in [9.17, 15) is 102 Å². The second-order valence-electron chi connectivity index (χ2n) is 26.4. The molecule has 0 aromatic heterocycles. The molecular weight excluding hydrogens is 1200 g/mol. The summed E-state index contributed by atoms with van der Waals surface area (Å²) < 4.78 is 72.9. The molecule has 20 N–H and O–H groups in total. The number of aliphatic hydroxyl groups excluding tert-OH is 20. The average Bonchev–Trinajstić information content (AvgIpc) is 1.62. The molecule has 10 fully saturated rings. The summed E-state index contributed by atoms with van der Waals surface area (Å²) in [5, 5.41) is 215. The molecule has 10 rings (SSSR count). The van der Waals surface area contributed by atoms with Crippen LogP contribution in [0.3, 0.4) is 0 Å². The van der Waals surface area contributed by atoms with Gasteiger partial charge in [0.15, 0.2) is 37.6 Å². The quantitative estimate of drug-likeness (QED) is 0.0344. The molecule has 1 spiro atoms. The predicted molar refractivity (Wildman–Crippen MR) is 284 cm³/mol. The minimum Gasteiger partial charge on any atom is -0.432 e. The minimum atomic E-state index is -2.08. The van der Waals surface area contributed by atoms with Crippen molar-refractivity contribution in [3.63, 3.8) is 0 Å². The Kier molecular flexibility index (Phi) is 21.4. The number of carbonyl (C=O) groups is 1.